The molecule has 0 unspecified atom stereocenters. The van der Waals surface area contributed by atoms with Gasteiger partial charge < -0.3 is 4.74 Å². The summed E-state index contributed by atoms with van der Waals surface area (Å²) >= 11 is 0. The average Bonchev–Trinajstić information content (AvgIpc) is 2.65. The maximum atomic E-state index is 5.27. The van der Waals surface area contributed by atoms with Crippen molar-refractivity contribution in [2.24, 2.45) is 0 Å². The molecule has 17 heavy (non-hydrogen) atoms. The SMILES string of the molecule is CN[N+]1(c2cncc(OC)c2)CCCCCC1. The minimum absolute atomic E-state index is 0.824. The van der Waals surface area contributed by atoms with Gasteiger partial charge in [-0.15, -0.1) is 0 Å². The molecule has 2 heterocycles. The number of rotatable bonds is 3. The number of ether oxygens (including phenoxy) is 1. The molecule has 0 radical (unpaired) electrons. The highest BCUT2D eigenvalue weighted by molar-refractivity contribution is 5.44. The van der Waals surface area contributed by atoms with Crippen LogP contribution in [-0.4, -0.2) is 32.2 Å². The fourth-order valence-corrected chi connectivity index (χ4v) is 2.59. The summed E-state index contributed by atoms with van der Waals surface area (Å²) in [5.41, 5.74) is 4.67. The molecule has 0 spiro atoms. The van der Waals surface area contributed by atoms with Crippen molar-refractivity contribution in [3.05, 3.63) is 18.5 Å². The van der Waals surface area contributed by atoms with Crippen LogP contribution in [0, 0.1) is 0 Å². The number of nitrogens with zero attached hydrogens (tertiary/aromatic N) is 2. The summed E-state index contributed by atoms with van der Waals surface area (Å²) in [6.07, 6.45) is 8.89. The number of aromatic nitrogens is 1. The Morgan fingerprint density at radius 1 is 1.18 bits per heavy atom. The quantitative estimate of drug-likeness (QED) is 0.816. The van der Waals surface area contributed by atoms with E-state index in [0.29, 0.717) is 0 Å². The number of quaternary nitrogens is 1. The van der Waals surface area contributed by atoms with Gasteiger partial charge >= 0.3 is 0 Å². The lowest BCUT2D eigenvalue weighted by molar-refractivity contribution is 0.215. The van der Waals surface area contributed by atoms with Gasteiger partial charge in [0.15, 0.2) is 5.69 Å². The highest BCUT2D eigenvalue weighted by Gasteiger charge is 2.31. The standard InChI is InChI=1S/C13H22N3O/c1-14-16(7-5-3-4-6-8-16)12-9-13(17-2)11-15-10-12/h9-11,14H,3-8H2,1-2H3/q+1. The second-order valence-electron chi connectivity index (χ2n) is 4.64. The number of pyridine rings is 1. The fourth-order valence-electron chi connectivity index (χ4n) is 2.59. The summed E-state index contributed by atoms with van der Waals surface area (Å²) in [5.74, 6) is 0.833. The Balaban J connectivity index is 2.31. The molecular formula is C13H22N3O+. The molecule has 1 aromatic rings. The van der Waals surface area contributed by atoms with E-state index in [-0.39, 0.29) is 0 Å². The second kappa shape index (κ2) is 5.47. The summed E-state index contributed by atoms with van der Waals surface area (Å²) in [6.45, 7) is 2.26. The van der Waals surface area contributed by atoms with Crippen molar-refractivity contribution in [3.63, 3.8) is 0 Å². The number of hydrogen-bond donors (Lipinski definition) is 1. The topological polar surface area (TPSA) is 34.2 Å². The zero-order valence-electron chi connectivity index (χ0n) is 10.8. The smallest absolute Gasteiger partial charge is 0.174 e. The Labute approximate surface area is 103 Å². The molecule has 0 aliphatic carbocycles. The summed E-state index contributed by atoms with van der Waals surface area (Å²) in [4.78, 5) is 4.27. The first-order valence-corrected chi connectivity index (χ1v) is 6.36. The van der Waals surface area contributed by atoms with E-state index in [4.69, 9.17) is 4.74 Å². The normalized spacial score (nSPS) is 19.6. The zero-order valence-corrected chi connectivity index (χ0v) is 10.8. The van der Waals surface area contributed by atoms with Gasteiger partial charge in [0.1, 0.15) is 18.8 Å². The van der Waals surface area contributed by atoms with Crippen molar-refractivity contribution in [1.29, 1.82) is 0 Å². The maximum Gasteiger partial charge on any atom is 0.174 e. The predicted octanol–water partition coefficient (Wildman–Crippen LogP) is 2.11. The number of nitrogens with one attached hydrogen (secondary N) is 1. The number of hydrogen-bond acceptors (Lipinski definition) is 3. The fraction of sp³-hybridized carbons (Fsp3) is 0.615. The Hall–Kier alpha value is -1.13. The molecule has 1 fully saturated rings. The molecule has 0 bridgehead atoms. The monoisotopic (exact) mass is 236 g/mol. The zero-order chi connectivity index (χ0) is 12.1. The third-order valence-electron chi connectivity index (χ3n) is 3.69. The molecule has 1 N–H and O–H groups in total. The lowest BCUT2D eigenvalue weighted by Crippen LogP contribution is -2.58. The molecule has 0 saturated carbocycles. The van der Waals surface area contributed by atoms with Gasteiger partial charge in [-0.25, -0.2) is 4.59 Å². The molecular weight excluding hydrogens is 214 g/mol. The van der Waals surface area contributed by atoms with E-state index < -0.39 is 0 Å². The van der Waals surface area contributed by atoms with Gasteiger partial charge in [0.05, 0.1) is 19.5 Å². The minimum Gasteiger partial charge on any atom is -0.495 e. The van der Waals surface area contributed by atoms with E-state index >= 15 is 0 Å². The predicted molar refractivity (Wildman–Crippen MR) is 69.8 cm³/mol. The average molecular weight is 236 g/mol. The van der Waals surface area contributed by atoms with Crippen LogP contribution in [0.15, 0.2) is 18.5 Å². The van der Waals surface area contributed by atoms with Gasteiger partial charge in [0, 0.05) is 13.1 Å². The Kier molecular flexibility index (Phi) is 3.97. The van der Waals surface area contributed by atoms with Gasteiger partial charge in [-0.2, -0.15) is 5.43 Å². The molecule has 94 valence electrons. The number of methoxy groups -OCH3 is 1. The largest absolute Gasteiger partial charge is 0.495 e. The van der Waals surface area contributed by atoms with Crippen LogP contribution in [-0.2, 0) is 0 Å². The van der Waals surface area contributed by atoms with Crippen LogP contribution in [0.25, 0.3) is 0 Å². The summed E-state index contributed by atoms with van der Waals surface area (Å²) in [5, 5.41) is 0. The molecule has 1 aliphatic rings. The minimum atomic E-state index is 0.824. The van der Waals surface area contributed by atoms with Gasteiger partial charge in [0.2, 0.25) is 0 Å². The summed E-state index contributed by atoms with van der Waals surface area (Å²) in [7, 11) is 3.72. The Bertz CT molecular complexity index is 359. The van der Waals surface area contributed by atoms with Crippen molar-refractivity contribution in [1.82, 2.24) is 15.0 Å². The first-order chi connectivity index (χ1) is 8.30. The summed E-state index contributed by atoms with van der Waals surface area (Å²) < 4.78 is 6.09. The third-order valence-corrected chi connectivity index (χ3v) is 3.69. The Morgan fingerprint density at radius 3 is 2.47 bits per heavy atom. The van der Waals surface area contributed by atoms with E-state index in [2.05, 4.69) is 16.5 Å². The third kappa shape index (κ3) is 2.58. The molecule has 4 nitrogen and oxygen atoms in total. The molecule has 1 aromatic heterocycles. The van der Waals surface area contributed by atoms with Crippen molar-refractivity contribution in [2.75, 3.05) is 27.2 Å². The van der Waals surface area contributed by atoms with Gasteiger partial charge in [-0.1, -0.05) is 0 Å². The van der Waals surface area contributed by atoms with Crippen LogP contribution < -0.4 is 14.8 Å². The maximum absolute atomic E-state index is 5.27. The van der Waals surface area contributed by atoms with Crippen LogP contribution >= 0.6 is 0 Å². The molecule has 0 aromatic carbocycles. The van der Waals surface area contributed by atoms with Crippen LogP contribution in [0.5, 0.6) is 5.75 Å². The van der Waals surface area contributed by atoms with Gasteiger partial charge in [-0.3, -0.25) is 4.98 Å². The molecule has 1 saturated heterocycles. The molecule has 4 heteroatoms. The molecule has 0 amide bonds. The van der Waals surface area contributed by atoms with E-state index in [1.54, 1.807) is 13.3 Å². The van der Waals surface area contributed by atoms with E-state index in [9.17, 15) is 0 Å². The highest BCUT2D eigenvalue weighted by atomic mass is 16.5. The first kappa shape index (κ1) is 12.3. The lowest BCUT2D eigenvalue weighted by atomic mass is 10.2. The van der Waals surface area contributed by atoms with E-state index in [1.807, 2.05) is 13.2 Å². The van der Waals surface area contributed by atoms with Crippen molar-refractivity contribution < 1.29 is 4.74 Å². The highest BCUT2D eigenvalue weighted by Crippen LogP contribution is 2.27. The Morgan fingerprint density at radius 2 is 1.88 bits per heavy atom. The van der Waals surface area contributed by atoms with Crippen LogP contribution in [0.1, 0.15) is 25.7 Å². The van der Waals surface area contributed by atoms with Crippen molar-refractivity contribution in [3.8, 4) is 5.75 Å². The van der Waals surface area contributed by atoms with Crippen LogP contribution in [0.4, 0.5) is 5.69 Å². The van der Waals surface area contributed by atoms with E-state index in [0.717, 1.165) is 23.4 Å². The lowest BCUT2D eigenvalue weighted by Gasteiger charge is -2.35. The van der Waals surface area contributed by atoms with Crippen LogP contribution in [0.2, 0.25) is 0 Å². The summed E-state index contributed by atoms with van der Waals surface area (Å²) in [6, 6.07) is 2.09. The molecule has 1 aliphatic heterocycles. The van der Waals surface area contributed by atoms with Crippen molar-refractivity contribution in [2.45, 2.75) is 25.7 Å². The first-order valence-electron chi connectivity index (χ1n) is 6.36. The van der Waals surface area contributed by atoms with Gasteiger partial charge in [-0.05, 0) is 25.7 Å². The molecule has 2 rings (SSSR count). The second-order valence-corrected chi connectivity index (χ2v) is 4.64. The van der Waals surface area contributed by atoms with E-state index in [1.165, 1.54) is 31.4 Å². The van der Waals surface area contributed by atoms with Crippen LogP contribution in [0.3, 0.4) is 0 Å². The van der Waals surface area contributed by atoms with Crippen molar-refractivity contribution >= 4 is 5.69 Å². The molecule has 0 atom stereocenters. The van der Waals surface area contributed by atoms with Gasteiger partial charge in [0.25, 0.3) is 0 Å².